The lowest BCUT2D eigenvalue weighted by Crippen LogP contribution is -1.80. The Hall–Kier alpha value is -1.82. The maximum atomic E-state index is 4.51. The Labute approximate surface area is 95.5 Å². The lowest BCUT2D eigenvalue weighted by molar-refractivity contribution is 0.881. The van der Waals surface area contributed by atoms with Crippen molar-refractivity contribution in [1.29, 1.82) is 0 Å². The Morgan fingerprint density at radius 2 is 2.31 bits per heavy atom. The molecule has 0 bridgehead atoms. The highest BCUT2D eigenvalue weighted by Gasteiger charge is 2.06. The van der Waals surface area contributed by atoms with E-state index in [0.29, 0.717) is 5.82 Å². The summed E-state index contributed by atoms with van der Waals surface area (Å²) in [4.78, 5) is 4.51. The molecular weight excluding hydrogens is 222 g/mol. The van der Waals surface area contributed by atoms with Gasteiger partial charge in [0.1, 0.15) is 0 Å². The highest BCUT2D eigenvalue weighted by molar-refractivity contribution is 7.18. The maximum Gasteiger partial charge on any atom is 0.179 e. The Morgan fingerprint density at radius 3 is 3.06 bits per heavy atom. The number of fused-ring (bicyclic) bond motifs is 1. The van der Waals surface area contributed by atoms with E-state index in [1.54, 1.807) is 11.3 Å². The SMILES string of the molecule is CCc1nc2ccc(-c3nnn[nH]3)cc2s1. The van der Waals surface area contributed by atoms with Crippen molar-refractivity contribution in [2.45, 2.75) is 13.3 Å². The Bertz CT molecular complexity index is 613. The lowest BCUT2D eigenvalue weighted by Gasteiger charge is -1.93. The fourth-order valence-corrected chi connectivity index (χ4v) is 2.50. The number of hydrogen-bond acceptors (Lipinski definition) is 5. The number of benzene rings is 1. The van der Waals surface area contributed by atoms with Crippen LogP contribution in [0.2, 0.25) is 0 Å². The van der Waals surface area contributed by atoms with Crippen LogP contribution in [-0.2, 0) is 6.42 Å². The molecule has 6 heteroatoms. The quantitative estimate of drug-likeness (QED) is 0.732. The molecular formula is C10H9N5S. The van der Waals surface area contributed by atoms with Crippen LogP contribution in [0.25, 0.3) is 21.6 Å². The third-order valence-electron chi connectivity index (χ3n) is 2.35. The summed E-state index contributed by atoms with van der Waals surface area (Å²) < 4.78 is 1.17. The number of thiazole rings is 1. The third-order valence-corrected chi connectivity index (χ3v) is 3.52. The number of H-pyrrole nitrogens is 1. The maximum absolute atomic E-state index is 4.51. The molecule has 1 aromatic carbocycles. The van der Waals surface area contributed by atoms with Crippen molar-refractivity contribution in [3.63, 3.8) is 0 Å². The van der Waals surface area contributed by atoms with Gasteiger partial charge in [-0.3, -0.25) is 0 Å². The molecule has 3 rings (SSSR count). The first-order chi connectivity index (χ1) is 7.86. The van der Waals surface area contributed by atoms with Crippen molar-refractivity contribution >= 4 is 21.6 Å². The van der Waals surface area contributed by atoms with Gasteiger partial charge in [-0.25, -0.2) is 10.1 Å². The van der Waals surface area contributed by atoms with E-state index in [1.807, 2.05) is 12.1 Å². The van der Waals surface area contributed by atoms with Gasteiger partial charge in [0, 0.05) is 5.56 Å². The van der Waals surface area contributed by atoms with Crippen LogP contribution in [-0.4, -0.2) is 25.6 Å². The number of nitrogens with one attached hydrogen (secondary N) is 1. The van der Waals surface area contributed by atoms with E-state index in [9.17, 15) is 0 Å². The molecule has 0 unspecified atom stereocenters. The van der Waals surface area contributed by atoms with Gasteiger partial charge in [-0.05, 0) is 35.0 Å². The Morgan fingerprint density at radius 1 is 1.38 bits per heavy atom. The molecule has 3 aromatic rings. The topological polar surface area (TPSA) is 67.3 Å². The average molecular weight is 231 g/mol. The minimum absolute atomic E-state index is 0.688. The molecule has 0 aliphatic heterocycles. The minimum atomic E-state index is 0.688. The lowest BCUT2D eigenvalue weighted by atomic mass is 10.2. The van der Waals surface area contributed by atoms with Gasteiger partial charge in [0.2, 0.25) is 0 Å². The number of nitrogens with zero attached hydrogens (tertiary/aromatic N) is 4. The molecule has 0 aliphatic rings. The molecule has 0 saturated carbocycles. The van der Waals surface area contributed by atoms with Crippen LogP contribution < -0.4 is 0 Å². The number of aromatic nitrogens is 5. The largest absolute Gasteiger partial charge is 0.241 e. The highest BCUT2D eigenvalue weighted by Crippen LogP contribution is 2.26. The second kappa shape index (κ2) is 3.64. The molecule has 2 heterocycles. The van der Waals surface area contributed by atoms with Crippen molar-refractivity contribution in [2.75, 3.05) is 0 Å². The fraction of sp³-hybridized carbons (Fsp3) is 0.200. The molecule has 0 saturated heterocycles. The van der Waals surface area contributed by atoms with E-state index in [1.165, 1.54) is 4.70 Å². The number of hydrogen-bond donors (Lipinski definition) is 1. The molecule has 80 valence electrons. The van der Waals surface area contributed by atoms with Crippen LogP contribution in [0.5, 0.6) is 0 Å². The average Bonchev–Trinajstić information content (AvgIpc) is 2.96. The summed E-state index contributed by atoms with van der Waals surface area (Å²) in [5.74, 6) is 0.688. The second-order valence-corrected chi connectivity index (χ2v) is 4.51. The van der Waals surface area contributed by atoms with Gasteiger partial charge in [0.05, 0.1) is 15.2 Å². The van der Waals surface area contributed by atoms with E-state index in [2.05, 4.69) is 38.6 Å². The third kappa shape index (κ3) is 1.47. The number of tetrazole rings is 1. The first-order valence-corrected chi connectivity index (χ1v) is 5.82. The zero-order chi connectivity index (χ0) is 11.0. The zero-order valence-electron chi connectivity index (χ0n) is 8.64. The molecule has 0 radical (unpaired) electrons. The van der Waals surface area contributed by atoms with Crippen LogP contribution in [0.4, 0.5) is 0 Å². The van der Waals surface area contributed by atoms with Crippen molar-refractivity contribution in [1.82, 2.24) is 25.6 Å². The van der Waals surface area contributed by atoms with Gasteiger partial charge < -0.3 is 0 Å². The first kappa shape index (κ1) is 9.41. The van der Waals surface area contributed by atoms with Gasteiger partial charge in [-0.1, -0.05) is 6.92 Å². The van der Waals surface area contributed by atoms with E-state index >= 15 is 0 Å². The summed E-state index contributed by atoms with van der Waals surface area (Å²) in [6, 6.07) is 6.04. The van der Waals surface area contributed by atoms with Crippen molar-refractivity contribution in [2.24, 2.45) is 0 Å². The summed E-state index contributed by atoms with van der Waals surface area (Å²) >= 11 is 1.72. The van der Waals surface area contributed by atoms with Crippen molar-refractivity contribution < 1.29 is 0 Å². The molecule has 0 spiro atoms. The smallest absolute Gasteiger partial charge is 0.179 e. The predicted octanol–water partition coefficient (Wildman–Crippen LogP) is 2.04. The van der Waals surface area contributed by atoms with E-state index in [4.69, 9.17) is 0 Å². The first-order valence-electron chi connectivity index (χ1n) is 5.00. The van der Waals surface area contributed by atoms with E-state index in [0.717, 1.165) is 22.5 Å². The monoisotopic (exact) mass is 231 g/mol. The molecule has 0 atom stereocenters. The normalized spacial score (nSPS) is 11.1. The summed E-state index contributed by atoms with van der Waals surface area (Å²) in [5, 5.41) is 14.9. The van der Waals surface area contributed by atoms with Gasteiger partial charge in [0.15, 0.2) is 5.82 Å². The van der Waals surface area contributed by atoms with Crippen LogP contribution in [0.1, 0.15) is 11.9 Å². The molecule has 1 N–H and O–H groups in total. The van der Waals surface area contributed by atoms with E-state index < -0.39 is 0 Å². The Kier molecular flexibility index (Phi) is 2.14. The standard InChI is InChI=1S/C10H9N5S/c1-2-9-11-7-4-3-6(5-8(7)16-9)10-12-14-15-13-10/h3-5H,2H2,1H3,(H,12,13,14,15). The number of rotatable bonds is 2. The summed E-state index contributed by atoms with van der Waals surface area (Å²) in [6.07, 6.45) is 0.971. The Balaban J connectivity index is 2.15. The molecule has 0 amide bonds. The summed E-state index contributed by atoms with van der Waals surface area (Å²) in [6.45, 7) is 2.11. The van der Waals surface area contributed by atoms with Gasteiger partial charge in [0.25, 0.3) is 0 Å². The minimum Gasteiger partial charge on any atom is -0.241 e. The number of aryl methyl sites for hydroxylation is 1. The number of aromatic amines is 1. The summed E-state index contributed by atoms with van der Waals surface area (Å²) in [5.41, 5.74) is 2.03. The van der Waals surface area contributed by atoms with Crippen molar-refractivity contribution in [3.05, 3.63) is 23.2 Å². The summed E-state index contributed by atoms with van der Waals surface area (Å²) in [7, 11) is 0. The molecule has 2 aromatic heterocycles. The van der Waals surface area contributed by atoms with Gasteiger partial charge >= 0.3 is 0 Å². The van der Waals surface area contributed by atoms with Crippen LogP contribution in [0, 0.1) is 0 Å². The van der Waals surface area contributed by atoms with Crippen LogP contribution in [0.15, 0.2) is 18.2 Å². The molecule has 5 nitrogen and oxygen atoms in total. The fourth-order valence-electron chi connectivity index (χ4n) is 1.55. The van der Waals surface area contributed by atoms with Crippen molar-refractivity contribution in [3.8, 4) is 11.4 Å². The predicted molar refractivity (Wildman–Crippen MR) is 62.2 cm³/mol. The zero-order valence-corrected chi connectivity index (χ0v) is 9.45. The molecule has 0 aliphatic carbocycles. The highest BCUT2D eigenvalue weighted by atomic mass is 32.1. The van der Waals surface area contributed by atoms with E-state index in [-0.39, 0.29) is 0 Å². The van der Waals surface area contributed by atoms with Crippen LogP contribution >= 0.6 is 11.3 Å². The van der Waals surface area contributed by atoms with Gasteiger partial charge in [-0.2, -0.15) is 0 Å². The molecule has 16 heavy (non-hydrogen) atoms. The van der Waals surface area contributed by atoms with Crippen LogP contribution in [0.3, 0.4) is 0 Å². The van der Waals surface area contributed by atoms with Gasteiger partial charge in [-0.15, -0.1) is 16.4 Å². The molecule has 0 fully saturated rings. The second-order valence-electron chi connectivity index (χ2n) is 3.39.